The molecular weight excluding hydrogens is 440 g/mol. The van der Waals surface area contributed by atoms with E-state index < -0.39 is 9.84 Å². The number of nitrogens with zero attached hydrogens (tertiary/aromatic N) is 2. The van der Waals surface area contributed by atoms with Gasteiger partial charge in [-0.05, 0) is 35.9 Å². The van der Waals surface area contributed by atoms with Gasteiger partial charge in [0.1, 0.15) is 5.75 Å². The number of methoxy groups -OCH3 is 1. The summed E-state index contributed by atoms with van der Waals surface area (Å²) in [6, 6.07) is 12.4. The number of nitrogens with one attached hydrogen (secondary N) is 2. The molecule has 0 spiro atoms. The fourth-order valence-corrected chi connectivity index (χ4v) is 4.74. The molecule has 0 aliphatic carbocycles. The Morgan fingerprint density at radius 3 is 2.65 bits per heavy atom. The Labute approximate surface area is 183 Å². The molecule has 0 fully saturated rings. The monoisotopic (exact) mass is 456 g/mol. The first-order valence-electron chi connectivity index (χ1n) is 9.13. The predicted octanol–water partition coefficient (Wildman–Crippen LogP) is 3.38. The summed E-state index contributed by atoms with van der Waals surface area (Å²) in [5.74, 6) is 0.0980. The Bertz CT molecular complexity index is 1370. The summed E-state index contributed by atoms with van der Waals surface area (Å²) in [6.45, 7) is 0.225. The Hall–Kier alpha value is -3.43. The Kier molecular flexibility index (Phi) is 5.62. The van der Waals surface area contributed by atoms with Crippen LogP contribution in [0.4, 0.5) is 0 Å². The number of halogens is 1. The lowest BCUT2D eigenvalue weighted by atomic mass is 10.2. The fraction of sp³-hybridized carbons (Fsp3) is 0.0952. The second-order valence-corrected chi connectivity index (χ2v) is 8.98. The molecule has 2 aromatic heterocycles. The number of hydrogen-bond acceptors (Lipinski definition) is 6. The van der Waals surface area contributed by atoms with Gasteiger partial charge in [-0.15, -0.1) is 0 Å². The Morgan fingerprint density at radius 2 is 1.90 bits per heavy atom. The van der Waals surface area contributed by atoms with Crippen LogP contribution in [-0.4, -0.2) is 36.6 Å². The summed E-state index contributed by atoms with van der Waals surface area (Å²) >= 11 is 6.10. The van der Waals surface area contributed by atoms with Crippen molar-refractivity contribution in [1.82, 2.24) is 20.5 Å². The molecule has 2 aromatic carbocycles. The third kappa shape index (κ3) is 4.23. The van der Waals surface area contributed by atoms with Crippen molar-refractivity contribution >= 4 is 38.4 Å². The van der Waals surface area contributed by atoms with Crippen LogP contribution in [0.5, 0.6) is 5.75 Å². The van der Waals surface area contributed by atoms with Gasteiger partial charge in [-0.2, -0.15) is 5.10 Å². The van der Waals surface area contributed by atoms with Crippen LogP contribution in [0.1, 0.15) is 15.9 Å². The summed E-state index contributed by atoms with van der Waals surface area (Å²) in [4.78, 5) is 16.6. The van der Waals surface area contributed by atoms with Crippen molar-refractivity contribution in [2.75, 3.05) is 7.11 Å². The predicted molar refractivity (Wildman–Crippen MR) is 115 cm³/mol. The molecule has 158 valence electrons. The van der Waals surface area contributed by atoms with Crippen molar-refractivity contribution in [3.8, 4) is 5.75 Å². The van der Waals surface area contributed by atoms with Gasteiger partial charge in [0, 0.05) is 24.2 Å². The van der Waals surface area contributed by atoms with Gasteiger partial charge >= 0.3 is 0 Å². The van der Waals surface area contributed by atoms with Crippen LogP contribution in [0.2, 0.25) is 5.02 Å². The van der Waals surface area contributed by atoms with E-state index in [4.69, 9.17) is 16.3 Å². The molecule has 10 heteroatoms. The van der Waals surface area contributed by atoms with Crippen LogP contribution in [0.25, 0.3) is 11.0 Å². The van der Waals surface area contributed by atoms with E-state index in [0.29, 0.717) is 17.0 Å². The lowest BCUT2D eigenvalue weighted by molar-refractivity contribution is 0.0950. The van der Waals surface area contributed by atoms with E-state index in [1.54, 1.807) is 30.5 Å². The maximum absolute atomic E-state index is 12.9. The number of rotatable bonds is 6. The zero-order valence-electron chi connectivity index (χ0n) is 16.3. The largest absolute Gasteiger partial charge is 0.497 e. The lowest BCUT2D eigenvalue weighted by Crippen LogP contribution is -2.22. The number of ether oxygens (including phenoxy) is 1. The van der Waals surface area contributed by atoms with Crippen molar-refractivity contribution < 1.29 is 17.9 Å². The molecule has 4 rings (SSSR count). The van der Waals surface area contributed by atoms with E-state index in [-0.39, 0.29) is 27.3 Å². The molecule has 2 heterocycles. The second kappa shape index (κ2) is 8.37. The van der Waals surface area contributed by atoms with E-state index in [0.717, 1.165) is 10.9 Å². The lowest BCUT2D eigenvalue weighted by Gasteiger charge is -2.10. The van der Waals surface area contributed by atoms with Gasteiger partial charge in [-0.3, -0.25) is 9.89 Å². The number of aromatic amines is 1. The molecule has 0 saturated carbocycles. The van der Waals surface area contributed by atoms with Gasteiger partial charge in [0.15, 0.2) is 5.65 Å². The molecule has 31 heavy (non-hydrogen) atoms. The van der Waals surface area contributed by atoms with E-state index in [2.05, 4.69) is 20.5 Å². The van der Waals surface area contributed by atoms with Crippen molar-refractivity contribution in [3.63, 3.8) is 0 Å². The highest BCUT2D eigenvalue weighted by atomic mass is 35.5. The third-order valence-electron chi connectivity index (χ3n) is 4.67. The maximum Gasteiger partial charge on any atom is 0.253 e. The zero-order chi connectivity index (χ0) is 22.0. The van der Waals surface area contributed by atoms with Crippen LogP contribution in [0.3, 0.4) is 0 Å². The van der Waals surface area contributed by atoms with Crippen molar-refractivity contribution in [1.29, 1.82) is 0 Å². The minimum absolute atomic E-state index is 0.0308. The summed E-state index contributed by atoms with van der Waals surface area (Å²) < 4.78 is 31.0. The zero-order valence-corrected chi connectivity index (χ0v) is 17.9. The molecule has 0 saturated heterocycles. The minimum atomic E-state index is -3.82. The topological polar surface area (TPSA) is 114 Å². The summed E-state index contributed by atoms with van der Waals surface area (Å²) in [7, 11) is -2.37. The van der Waals surface area contributed by atoms with Crippen LogP contribution in [-0.2, 0) is 16.4 Å². The number of carbonyl (C=O) groups is 1. The van der Waals surface area contributed by atoms with Crippen molar-refractivity contribution in [2.24, 2.45) is 0 Å². The van der Waals surface area contributed by atoms with Gasteiger partial charge < -0.3 is 10.1 Å². The van der Waals surface area contributed by atoms with E-state index in [9.17, 15) is 13.2 Å². The first-order valence-corrected chi connectivity index (χ1v) is 11.0. The van der Waals surface area contributed by atoms with Crippen LogP contribution in [0.15, 0.2) is 70.7 Å². The maximum atomic E-state index is 12.9. The molecule has 0 bridgehead atoms. The number of benzene rings is 2. The molecule has 0 unspecified atom stereocenters. The van der Waals surface area contributed by atoms with E-state index >= 15 is 0 Å². The second-order valence-electron chi connectivity index (χ2n) is 6.66. The number of sulfone groups is 1. The Morgan fingerprint density at radius 1 is 1.13 bits per heavy atom. The van der Waals surface area contributed by atoms with E-state index in [1.165, 1.54) is 37.6 Å². The number of hydrogen-bond donors (Lipinski definition) is 2. The SMILES string of the molecule is COc1ccc(Cl)c(S(=O)(=O)c2ccc(CNC(=O)c3cnc4[nH]ncc4c3)cc2)c1. The summed E-state index contributed by atoms with van der Waals surface area (Å²) in [5, 5.41) is 10.2. The highest BCUT2D eigenvalue weighted by Crippen LogP contribution is 2.31. The van der Waals surface area contributed by atoms with Crippen molar-refractivity contribution in [2.45, 2.75) is 16.3 Å². The van der Waals surface area contributed by atoms with Crippen molar-refractivity contribution in [3.05, 3.63) is 77.1 Å². The molecular formula is C21H17ClN4O4S. The summed E-state index contributed by atoms with van der Waals surface area (Å²) in [5.41, 5.74) is 1.74. The molecule has 0 aliphatic rings. The average Bonchev–Trinajstić information content (AvgIpc) is 3.26. The smallest absolute Gasteiger partial charge is 0.253 e. The molecule has 0 atom stereocenters. The van der Waals surface area contributed by atoms with Gasteiger partial charge in [0.2, 0.25) is 9.84 Å². The number of carbonyl (C=O) groups excluding carboxylic acids is 1. The third-order valence-corrected chi connectivity index (χ3v) is 6.92. The molecule has 0 aliphatic heterocycles. The fourth-order valence-electron chi connectivity index (χ4n) is 2.98. The van der Waals surface area contributed by atoms with Gasteiger partial charge in [-0.25, -0.2) is 13.4 Å². The number of aromatic nitrogens is 3. The number of fused-ring (bicyclic) bond motifs is 1. The standard InChI is InChI=1S/C21H17ClN4O4S/c1-30-16-4-7-18(22)19(9-16)31(28,29)17-5-2-13(3-6-17)10-24-21(27)15-8-14-12-25-26-20(14)23-11-15/h2-9,11-12H,10H2,1H3,(H,24,27)(H,23,25,26). The van der Waals surface area contributed by atoms with Crippen LogP contribution < -0.4 is 10.1 Å². The highest BCUT2D eigenvalue weighted by Gasteiger charge is 2.21. The van der Waals surface area contributed by atoms with Crippen LogP contribution >= 0.6 is 11.6 Å². The quantitative estimate of drug-likeness (QED) is 0.459. The number of amides is 1. The van der Waals surface area contributed by atoms with Gasteiger partial charge in [0.25, 0.3) is 5.91 Å². The minimum Gasteiger partial charge on any atom is -0.497 e. The molecule has 0 radical (unpaired) electrons. The highest BCUT2D eigenvalue weighted by molar-refractivity contribution is 7.91. The average molecular weight is 457 g/mol. The summed E-state index contributed by atoms with van der Waals surface area (Å²) in [6.07, 6.45) is 3.05. The van der Waals surface area contributed by atoms with Crippen LogP contribution in [0, 0.1) is 0 Å². The molecule has 1 amide bonds. The first kappa shape index (κ1) is 20.8. The normalized spacial score (nSPS) is 11.4. The number of H-pyrrole nitrogens is 1. The van der Waals surface area contributed by atoms with E-state index in [1.807, 2.05) is 0 Å². The molecule has 8 nitrogen and oxygen atoms in total. The van der Waals surface area contributed by atoms with Gasteiger partial charge in [-0.1, -0.05) is 23.7 Å². The molecule has 2 N–H and O–H groups in total. The first-order chi connectivity index (χ1) is 14.9. The molecule has 4 aromatic rings. The van der Waals surface area contributed by atoms with Gasteiger partial charge in [0.05, 0.1) is 33.7 Å². The number of pyridine rings is 1. The Balaban J connectivity index is 1.48.